The summed E-state index contributed by atoms with van der Waals surface area (Å²) in [6, 6.07) is 12.9. The fourth-order valence-corrected chi connectivity index (χ4v) is 4.76. The van der Waals surface area contributed by atoms with Crippen LogP contribution in [0.1, 0.15) is 35.4 Å². The monoisotopic (exact) mass is 505 g/mol. The lowest BCUT2D eigenvalue weighted by Crippen LogP contribution is -2.34. The fourth-order valence-electron chi connectivity index (χ4n) is 4.51. The molecule has 2 aromatic carbocycles. The van der Waals surface area contributed by atoms with Crippen LogP contribution in [0.5, 0.6) is 0 Å². The van der Waals surface area contributed by atoms with E-state index in [0.29, 0.717) is 39.8 Å². The number of fused-ring (bicyclic) bond motifs is 1. The zero-order valence-electron chi connectivity index (χ0n) is 20.4. The summed E-state index contributed by atoms with van der Waals surface area (Å²) >= 11 is 6.10. The average molecular weight is 506 g/mol. The molecule has 36 heavy (non-hydrogen) atoms. The molecule has 1 aliphatic rings. The molecule has 0 N–H and O–H groups in total. The minimum Gasteiger partial charge on any atom is -0.483 e. The van der Waals surface area contributed by atoms with Gasteiger partial charge in [-0.15, -0.1) is 0 Å². The van der Waals surface area contributed by atoms with E-state index in [9.17, 15) is 9.59 Å². The summed E-state index contributed by atoms with van der Waals surface area (Å²) in [5, 5.41) is 9.88. The number of likely N-dealkylation sites (tertiary alicyclic amines) is 1. The highest BCUT2D eigenvalue weighted by Gasteiger charge is 2.22. The highest BCUT2D eigenvalue weighted by Crippen LogP contribution is 2.30. The van der Waals surface area contributed by atoms with Gasteiger partial charge in [0.1, 0.15) is 12.6 Å². The molecule has 0 spiro atoms. The number of hydrogen-bond acceptors (Lipinski definition) is 6. The van der Waals surface area contributed by atoms with Crippen LogP contribution in [0.4, 0.5) is 0 Å². The van der Waals surface area contributed by atoms with Crippen LogP contribution in [0.2, 0.25) is 5.02 Å². The Balaban J connectivity index is 1.48. The van der Waals surface area contributed by atoms with Gasteiger partial charge in [-0.1, -0.05) is 23.7 Å². The minimum absolute atomic E-state index is 0.121. The Morgan fingerprint density at radius 1 is 1.28 bits per heavy atom. The Bertz CT molecular complexity index is 1400. The molecule has 0 aliphatic carbocycles. The topological polar surface area (TPSA) is 91.5 Å². The predicted octanol–water partition coefficient (Wildman–Crippen LogP) is 3.88. The molecule has 0 unspecified atom stereocenters. The molecule has 1 amide bonds. The summed E-state index contributed by atoms with van der Waals surface area (Å²) in [6.07, 6.45) is 3.29. The zero-order valence-corrected chi connectivity index (χ0v) is 21.2. The van der Waals surface area contributed by atoms with Crippen LogP contribution >= 0.6 is 11.6 Å². The van der Waals surface area contributed by atoms with Crippen molar-refractivity contribution in [3.63, 3.8) is 0 Å². The third-order valence-corrected chi connectivity index (χ3v) is 7.02. The normalized spacial score (nSPS) is 13.9. The van der Waals surface area contributed by atoms with Crippen molar-refractivity contribution in [1.82, 2.24) is 19.4 Å². The van der Waals surface area contributed by atoms with Gasteiger partial charge in [0.25, 0.3) is 5.56 Å². The van der Waals surface area contributed by atoms with Gasteiger partial charge < -0.3 is 14.5 Å². The van der Waals surface area contributed by atoms with Crippen LogP contribution in [0.15, 0.2) is 60.0 Å². The molecule has 8 nitrogen and oxygen atoms in total. The molecule has 9 heteroatoms. The molecule has 1 saturated heterocycles. The van der Waals surface area contributed by atoms with Gasteiger partial charge in [0.05, 0.1) is 34.9 Å². The number of benzene rings is 2. The van der Waals surface area contributed by atoms with E-state index >= 15 is 0 Å². The molecule has 0 radical (unpaired) electrons. The molecular formula is C27H28ClN5O3. The minimum atomic E-state index is -0.241. The summed E-state index contributed by atoms with van der Waals surface area (Å²) in [6.45, 7) is 5.80. The molecule has 0 saturated carbocycles. The molecule has 1 aliphatic heterocycles. The van der Waals surface area contributed by atoms with Crippen LogP contribution in [0.3, 0.4) is 0 Å². The van der Waals surface area contributed by atoms with Crippen LogP contribution in [0, 0.1) is 11.3 Å². The van der Waals surface area contributed by atoms with Crippen molar-refractivity contribution in [2.45, 2.75) is 31.8 Å². The number of likely N-dealkylation sites (N-methyl/N-ethyl adjacent to an activating group) is 1. The molecule has 3 aromatic rings. The molecule has 0 atom stereocenters. The summed E-state index contributed by atoms with van der Waals surface area (Å²) in [4.78, 5) is 34.2. The van der Waals surface area contributed by atoms with E-state index in [1.54, 1.807) is 32.4 Å². The van der Waals surface area contributed by atoms with Crippen molar-refractivity contribution in [3.8, 4) is 6.07 Å². The largest absolute Gasteiger partial charge is 0.483 e. The first-order valence-electron chi connectivity index (χ1n) is 11.7. The van der Waals surface area contributed by atoms with Crippen molar-refractivity contribution in [1.29, 1.82) is 5.26 Å². The molecular weight excluding hydrogens is 478 g/mol. The number of nitrogens with zero attached hydrogens (tertiary/aromatic N) is 5. The fraction of sp³-hybridized carbons (Fsp3) is 0.333. The summed E-state index contributed by atoms with van der Waals surface area (Å²) in [7, 11) is 3.29. The van der Waals surface area contributed by atoms with Crippen LogP contribution in [0.25, 0.3) is 10.9 Å². The van der Waals surface area contributed by atoms with E-state index in [-0.39, 0.29) is 18.0 Å². The standard InChI is InChI=1S/C27H28ClN5O3/c1-18(36-3)32-10-8-20(9-11-32)21-6-7-25-23(13-21)27(35)33(17-30-25)16-26(34)31(2)15-19-4-5-22(14-29)24(28)12-19/h4-7,12-13,17,20H,1,8-11,15-16H2,2-3H3. The van der Waals surface area contributed by atoms with E-state index in [0.717, 1.165) is 37.1 Å². The van der Waals surface area contributed by atoms with Crippen molar-refractivity contribution in [2.24, 2.45) is 0 Å². The van der Waals surface area contributed by atoms with E-state index in [2.05, 4.69) is 16.5 Å². The van der Waals surface area contributed by atoms with Crippen molar-refractivity contribution in [2.75, 3.05) is 27.2 Å². The second kappa shape index (κ2) is 10.8. The van der Waals surface area contributed by atoms with Crippen molar-refractivity contribution >= 4 is 28.4 Å². The smallest absolute Gasteiger partial charge is 0.261 e. The number of piperidine rings is 1. The van der Waals surface area contributed by atoms with Crippen LogP contribution in [-0.4, -0.2) is 52.5 Å². The van der Waals surface area contributed by atoms with Crippen LogP contribution in [-0.2, 0) is 22.6 Å². The number of rotatable bonds is 7. The third-order valence-electron chi connectivity index (χ3n) is 6.71. The van der Waals surface area contributed by atoms with Gasteiger partial charge >= 0.3 is 0 Å². The lowest BCUT2D eigenvalue weighted by molar-refractivity contribution is -0.131. The number of carbonyl (C=O) groups excluding carboxylic acids is 1. The van der Waals surface area contributed by atoms with Gasteiger partial charge in [-0.2, -0.15) is 5.26 Å². The van der Waals surface area contributed by atoms with Crippen molar-refractivity contribution < 1.29 is 9.53 Å². The lowest BCUT2D eigenvalue weighted by atomic mass is 9.89. The average Bonchev–Trinajstić information content (AvgIpc) is 2.89. The van der Waals surface area contributed by atoms with Crippen molar-refractivity contribution in [3.05, 3.63) is 87.3 Å². The Labute approximate surface area is 215 Å². The van der Waals surface area contributed by atoms with E-state index in [1.807, 2.05) is 24.3 Å². The summed E-state index contributed by atoms with van der Waals surface area (Å²) < 4.78 is 6.59. The second-order valence-electron chi connectivity index (χ2n) is 8.99. The molecule has 0 bridgehead atoms. The van der Waals surface area contributed by atoms with E-state index in [1.165, 1.54) is 15.8 Å². The summed E-state index contributed by atoms with van der Waals surface area (Å²) in [5.74, 6) is 0.770. The second-order valence-corrected chi connectivity index (χ2v) is 9.40. The highest BCUT2D eigenvalue weighted by atomic mass is 35.5. The van der Waals surface area contributed by atoms with Gasteiger partial charge in [0.15, 0.2) is 5.88 Å². The van der Waals surface area contributed by atoms with Gasteiger partial charge in [-0.05, 0) is 60.7 Å². The summed E-state index contributed by atoms with van der Waals surface area (Å²) in [5.41, 5.74) is 2.65. The number of ether oxygens (including phenoxy) is 1. The van der Waals surface area contributed by atoms with E-state index < -0.39 is 0 Å². The first kappa shape index (κ1) is 25.3. The molecule has 1 fully saturated rings. The number of hydrogen-bond donors (Lipinski definition) is 0. The molecule has 2 heterocycles. The number of nitriles is 1. The molecule has 1 aromatic heterocycles. The maximum absolute atomic E-state index is 13.2. The number of aromatic nitrogens is 2. The van der Waals surface area contributed by atoms with Crippen LogP contribution < -0.4 is 5.56 Å². The SMILES string of the molecule is C=C(OC)N1CCC(c2ccc3ncn(CC(=O)N(C)Cc4ccc(C#N)c(Cl)c4)c(=O)c3c2)CC1. The Kier molecular flexibility index (Phi) is 7.61. The molecule has 4 rings (SSSR count). The number of amides is 1. The zero-order chi connectivity index (χ0) is 25.8. The van der Waals surface area contributed by atoms with Gasteiger partial charge in [-0.3, -0.25) is 14.2 Å². The lowest BCUT2D eigenvalue weighted by Gasteiger charge is -2.33. The van der Waals surface area contributed by atoms with Gasteiger partial charge in [0, 0.05) is 26.7 Å². The first-order chi connectivity index (χ1) is 17.3. The number of carbonyl (C=O) groups is 1. The molecule has 186 valence electrons. The Morgan fingerprint density at radius 2 is 2.03 bits per heavy atom. The quantitative estimate of drug-likeness (QED) is 0.452. The number of methoxy groups -OCH3 is 1. The highest BCUT2D eigenvalue weighted by molar-refractivity contribution is 6.31. The Morgan fingerprint density at radius 3 is 2.69 bits per heavy atom. The Hall–Kier alpha value is -3.83. The number of halogens is 1. The maximum Gasteiger partial charge on any atom is 0.261 e. The van der Waals surface area contributed by atoms with Gasteiger partial charge in [-0.25, -0.2) is 4.98 Å². The maximum atomic E-state index is 13.2. The van der Waals surface area contributed by atoms with Gasteiger partial charge in [0.2, 0.25) is 5.91 Å². The van der Waals surface area contributed by atoms with E-state index in [4.69, 9.17) is 21.6 Å². The first-order valence-corrected chi connectivity index (χ1v) is 12.1. The predicted molar refractivity (Wildman–Crippen MR) is 138 cm³/mol. The third kappa shape index (κ3) is 5.37.